The zero-order valence-corrected chi connectivity index (χ0v) is 22.7. The van der Waals surface area contributed by atoms with Crippen molar-refractivity contribution in [3.63, 3.8) is 0 Å². The van der Waals surface area contributed by atoms with E-state index in [0.717, 1.165) is 18.7 Å². The largest absolute Gasteiger partial charge is 0.507 e. The van der Waals surface area contributed by atoms with Crippen LogP contribution >= 0.6 is 0 Å². The normalized spacial score (nSPS) is 11.3. The number of aromatic carboxylic acids is 1. The van der Waals surface area contributed by atoms with Crippen molar-refractivity contribution >= 4 is 22.8 Å². The molecule has 0 amide bonds. The van der Waals surface area contributed by atoms with E-state index in [2.05, 4.69) is 111 Å². The second kappa shape index (κ2) is 14.4. The Labute approximate surface area is 230 Å². The van der Waals surface area contributed by atoms with Crippen molar-refractivity contribution < 1.29 is 19.7 Å². The lowest BCUT2D eigenvalue weighted by molar-refractivity contribution is 0.0693. The highest BCUT2D eigenvalue weighted by Gasteiger charge is 2.13. The van der Waals surface area contributed by atoms with E-state index in [4.69, 9.17) is 20.7 Å². The summed E-state index contributed by atoms with van der Waals surface area (Å²) in [6, 6.07) is 33.7. The molecule has 0 saturated heterocycles. The Morgan fingerprint density at radius 1 is 0.821 bits per heavy atom. The average molecular weight is 525 g/mol. The number of rotatable bonds is 9. The second-order valence-electron chi connectivity index (χ2n) is 9.20. The number of benzene rings is 4. The lowest BCUT2D eigenvalue weighted by Gasteiger charge is -2.17. The number of carboxylic acid groups (broad SMARTS) is 1. The number of anilines is 1. The maximum absolute atomic E-state index is 10.4. The van der Waals surface area contributed by atoms with Gasteiger partial charge in [-0.3, -0.25) is 0 Å². The highest BCUT2D eigenvalue weighted by Crippen LogP contribution is 2.34. The minimum Gasteiger partial charge on any atom is -0.507 e. The predicted octanol–water partition coefficient (Wildman–Crippen LogP) is 6.67. The molecule has 202 valence electrons. The van der Waals surface area contributed by atoms with E-state index in [1.165, 1.54) is 46.0 Å². The maximum Gasteiger partial charge on any atom is 0.339 e. The molecule has 0 aromatic heterocycles. The van der Waals surface area contributed by atoms with Gasteiger partial charge in [0.05, 0.1) is 0 Å². The number of hydrogen-bond acceptors (Lipinski definition) is 5. The summed E-state index contributed by atoms with van der Waals surface area (Å²) in [5.74, 6) is -0.544. The number of aromatic hydroxyl groups is 1. The molecule has 39 heavy (non-hydrogen) atoms. The number of nitrogen functional groups attached to an aromatic ring is 1. The molecule has 0 saturated carbocycles. The van der Waals surface area contributed by atoms with Crippen molar-refractivity contribution in [1.29, 1.82) is 0 Å². The molecule has 0 aliphatic carbocycles. The van der Waals surface area contributed by atoms with Crippen LogP contribution in [0, 0.1) is 0 Å². The lowest BCUT2D eigenvalue weighted by Crippen LogP contribution is -2.19. The number of likely N-dealkylation sites (N-methyl/N-ethyl adjacent to an activating group) is 1. The van der Waals surface area contributed by atoms with Gasteiger partial charge in [-0.1, -0.05) is 79.7 Å². The first kappa shape index (κ1) is 29.0. The number of ether oxygens (including phenoxy) is 1. The molecule has 6 nitrogen and oxygen atoms in total. The fourth-order valence-electron chi connectivity index (χ4n) is 4.07. The zero-order chi connectivity index (χ0) is 28.2. The molecule has 0 fully saturated rings. The fourth-order valence-corrected chi connectivity index (χ4v) is 4.07. The van der Waals surface area contributed by atoms with Crippen LogP contribution in [0.25, 0.3) is 11.1 Å². The molecule has 4 N–H and O–H groups in total. The van der Waals surface area contributed by atoms with E-state index in [0.29, 0.717) is 12.3 Å². The number of carboxylic acids is 1. The lowest BCUT2D eigenvalue weighted by atomic mass is 9.88. The predicted molar refractivity (Wildman–Crippen MR) is 159 cm³/mol. The van der Waals surface area contributed by atoms with Crippen molar-refractivity contribution in [3.05, 3.63) is 125 Å². The highest BCUT2D eigenvalue weighted by molar-refractivity contribution is 5.98. The van der Waals surface area contributed by atoms with Crippen LogP contribution in [-0.4, -0.2) is 48.3 Å². The smallest absolute Gasteiger partial charge is 0.339 e. The van der Waals surface area contributed by atoms with Gasteiger partial charge in [0.15, 0.2) is 0 Å². The van der Waals surface area contributed by atoms with E-state index < -0.39 is 5.97 Å². The Morgan fingerprint density at radius 3 is 1.90 bits per heavy atom. The van der Waals surface area contributed by atoms with Gasteiger partial charge >= 0.3 is 5.97 Å². The topological polar surface area (TPSA) is 96.0 Å². The second-order valence-corrected chi connectivity index (χ2v) is 9.20. The highest BCUT2D eigenvalue weighted by atomic mass is 16.5. The van der Waals surface area contributed by atoms with Crippen LogP contribution in [0.3, 0.4) is 0 Å². The monoisotopic (exact) mass is 524 g/mol. The molecule has 0 aliphatic heterocycles. The van der Waals surface area contributed by atoms with Crippen LogP contribution < -0.4 is 10.5 Å². The minimum atomic E-state index is -1.19. The summed E-state index contributed by atoms with van der Waals surface area (Å²) < 4.78 is 5.87. The number of nitrogens with zero attached hydrogens (tertiary/aromatic N) is 1. The van der Waals surface area contributed by atoms with Crippen LogP contribution in [0.2, 0.25) is 0 Å². The first-order valence-corrected chi connectivity index (χ1v) is 12.8. The molecule has 0 unspecified atom stereocenters. The first-order valence-electron chi connectivity index (χ1n) is 12.8. The first-order chi connectivity index (χ1) is 18.8. The summed E-state index contributed by atoms with van der Waals surface area (Å²) >= 11 is 0. The molecule has 0 spiro atoms. The number of nitrogens with two attached hydrogens (primary N) is 1. The van der Waals surface area contributed by atoms with Gasteiger partial charge in [-0.15, -0.1) is 0 Å². The van der Waals surface area contributed by atoms with Crippen molar-refractivity contribution in [3.8, 4) is 11.5 Å². The minimum absolute atomic E-state index is 0.176. The Kier molecular flexibility index (Phi) is 10.7. The number of phenols is 1. The Morgan fingerprint density at radius 2 is 1.38 bits per heavy atom. The molecule has 0 bridgehead atoms. The van der Waals surface area contributed by atoms with Gasteiger partial charge in [0.2, 0.25) is 0 Å². The molecule has 4 aromatic rings. The van der Waals surface area contributed by atoms with Crippen LogP contribution in [-0.2, 0) is 0 Å². The summed E-state index contributed by atoms with van der Waals surface area (Å²) in [4.78, 5) is 12.5. The molecule has 0 atom stereocenters. The Bertz CT molecular complexity index is 1370. The van der Waals surface area contributed by atoms with Gasteiger partial charge in [-0.2, -0.15) is 0 Å². The average Bonchev–Trinajstić information content (AvgIpc) is 2.94. The van der Waals surface area contributed by atoms with Gasteiger partial charge in [0.1, 0.15) is 23.7 Å². The summed E-state index contributed by atoms with van der Waals surface area (Å²) in [7, 11) is 4.11. The van der Waals surface area contributed by atoms with Gasteiger partial charge in [-0.05, 0) is 78.7 Å². The van der Waals surface area contributed by atoms with E-state index >= 15 is 0 Å². The van der Waals surface area contributed by atoms with Gasteiger partial charge in [0, 0.05) is 12.2 Å². The van der Waals surface area contributed by atoms with Crippen molar-refractivity contribution in [2.75, 3.05) is 33.0 Å². The summed E-state index contributed by atoms with van der Waals surface area (Å²) in [5, 5.41) is 17.4. The van der Waals surface area contributed by atoms with Crippen molar-refractivity contribution in [2.45, 2.75) is 13.3 Å². The van der Waals surface area contributed by atoms with Crippen molar-refractivity contribution in [2.24, 2.45) is 0 Å². The molecule has 0 heterocycles. The molecule has 0 aliphatic rings. The third-order valence-electron chi connectivity index (χ3n) is 6.04. The zero-order valence-electron chi connectivity index (χ0n) is 22.7. The van der Waals surface area contributed by atoms with Crippen LogP contribution in [0.15, 0.2) is 103 Å². The summed E-state index contributed by atoms with van der Waals surface area (Å²) in [5.41, 5.74) is 11.8. The SMILES string of the molecule is CC/C(=C(\c1ccccc1)c1ccc(OCCN(C)C)cc1)c1ccccc1.Nc1ccc(O)c(C(=O)O)c1. The van der Waals surface area contributed by atoms with Crippen LogP contribution in [0.5, 0.6) is 11.5 Å². The van der Waals surface area contributed by atoms with Crippen LogP contribution in [0.1, 0.15) is 40.4 Å². The molecule has 6 heteroatoms. The number of carbonyl (C=O) groups is 1. The number of hydrogen-bond donors (Lipinski definition) is 3. The Balaban J connectivity index is 0.000000320. The van der Waals surface area contributed by atoms with Gasteiger partial charge < -0.3 is 25.6 Å². The standard InChI is InChI=1S/C26H29NO.C7H7NO3/c1-4-25(21-11-7-5-8-12-21)26(22-13-9-6-10-14-22)23-15-17-24(18-16-23)28-20-19-27(2)3;8-4-1-2-6(9)5(3-4)7(10)11/h5-18H,4,19-20H2,1-3H3;1-3,9H,8H2,(H,10,11)/b26-25-;. The van der Waals surface area contributed by atoms with Gasteiger partial charge in [0.25, 0.3) is 0 Å². The molecule has 4 rings (SSSR count). The Hall–Kier alpha value is -4.55. The van der Waals surface area contributed by atoms with Gasteiger partial charge in [-0.25, -0.2) is 4.79 Å². The summed E-state index contributed by atoms with van der Waals surface area (Å²) in [6.07, 6.45) is 0.968. The maximum atomic E-state index is 10.4. The van der Waals surface area contributed by atoms with E-state index in [9.17, 15) is 4.79 Å². The molecule has 4 aromatic carbocycles. The third kappa shape index (κ3) is 8.48. The van der Waals surface area contributed by atoms with E-state index in [1.54, 1.807) is 0 Å². The number of allylic oxidation sites excluding steroid dienone is 1. The van der Waals surface area contributed by atoms with E-state index in [-0.39, 0.29) is 11.3 Å². The van der Waals surface area contributed by atoms with E-state index in [1.807, 2.05) is 0 Å². The fraction of sp³-hybridized carbons (Fsp3) is 0.182. The van der Waals surface area contributed by atoms with Crippen LogP contribution in [0.4, 0.5) is 5.69 Å². The molecular weight excluding hydrogens is 488 g/mol. The third-order valence-corrected chi connectivity index (χ3v) is 6.04. The summed E-state index contributed by atoms with van der Waals surface area (Å²) in [6.45, 7) is 3.83. The van der Waals surface area contributed by atoms with Crippen molar-refractivity contribution in [1.82, 2.24) is 4.90 Å². The molecular formula is C33H36N2O4. The molecule has 0 radical (unpaired) electrons. The quantitative estimate of drug-likeness (QED) is 0.129.